The Kier molecular flexibility index (Phi) is 15.8. The van der Waals surface area contributed by atoms with E-state index in [0.717, 1.165) is 63.2 Å². The van der Waals surface area contributed by atoms with Gasteiger partial charge in [-0.2, -0.15) is 0 Å². The molecule has 0 saturated carbocycles. The lowest BCUT2D eigenvalue weighted by Crippen LogP contribution is -2.63. The quantitative estimate of drug-likeness (QED) is 0.107. The van der Waals surface area contributed by atoms with E-state index in [1.165, 1.54) is 88.4 Å². The lowest BCUT2D eigenvalue weighted by molar-refractivity contribution is 0.383. The van der Waals surface area contributed by atoms with E-state index in [0.29, 0.717) is 0 Å². The number of anilines is 7. The number of aryl methyl sites for hydroxylation is 1. The maximum Gasteiger partial charge on any atom is 0.230 e. The van der Waals surface area contributed by atoms with Crippen molar-refractivity contribution in [1.29, 1.82) is 0 Å². The van der Waals surface area contributed by atoms with Crippen LogP contribution in [0.25, 0.3) is 55.6 Å². The summed E-state index contributed by atoms with van der Waals surface area (Å²) in [7, 11) is 0. The van der Waals surface area contributed by atoms with Crippen molar-refractivity contribution < 1.29 is 4.74 Å². The highest BCUT2D eigenvalue weighted by Gasteiger charge is 2.58. The van der Waals surface area contributed by atoms with Crippen molar-refractivity contribution in [2.45, 2.75) is 59.1 Å². The van der Waals surface area contributed by atoms with Gasteiger partial charge in [0.05, 0.1) is 29.1 Å². The van der Waals surface area contributed by atoms with Crippen LogP contribution < -0.4 is 35.3 Å². The molecule has 4 aliphatic heterocycles. The van der Waals surface area contributed by atoms with Gasteiger partial charge in [-0.1, -0.05) is 309 Å². The second-order valence-corrected chi connectivity index (χ2v) is 30.1. The molecule has 500 valence electrons. The molecule has 0 amide bonds. The summed E-state index contributed by atoms with van der Waals surface area (Å²) in [4.78, 5) is 12.0. The molecule has 0 bridgehead atoms. The fourth-order valence-corrected chi connectivity index (χ4v) is 19.9. The fourth-order valence-electron chi connectivity index (χ4n) is 18.5. The average molecular weight is 1370 g/mol. The summed E-state index contributed by atoms with van der Waals surface area (Å²) < 4.78 is 7.62. The number of hydrogen-bond donors (Lipinski definition) is 0. The highest BCUT2D eigenvalue weighted by Crippen LogP contribution is 2.60. The number of nitrogens with zero attached hydrogens (tertiary/aromatic N) is 4. The van der Waals surface area contributed by atoms with Crippen LogP contribution in [0.4, 0.5) is 39.8 Å². The van der Waals surface area contributed by atoms with Crippen molar-refractivity contribution in [1.82, 2.24) is 0 Å². The molecular weight excluding hydrogens is 1290 g/mol. The number of para-hydroxylation sites is 4. The molecular formula is C97H74B2N4OS. The van der Waals surface area contributed by atoms with E-state index in [1.807, 2.05) is 0 Å². The molecule has 20 rings (SSSR count). The van der Waals surface area contributed by atoms with Gasteiger partial charge in [-0.25, -0.2) is 0 Å². The van der Waals surface area contributed by atoms with Gasteiger partial charge in [0.1, 0.15) is 11.5 Å². The molecule has 7 unspecified atom stereocenters. The molecule has 0 N–H and O–H groups in total. The first-order valence-electron chi connectivity index (χ1n) is 37.1. The summed E-state index contributed by atoms with van der Waals surface area (Å²) in [5, 5.41) is 0.0429. The van der Waals surface area contributed by atoms with E-state index in [2.05, 4.69) is 415 Å². The molecule has 12 aromatic rings. The molecule has 5 nitrogen and oxygen atoms in total. The molecule has 105 heavy (non-hydrogen) atoms. The summed E-state index contributed by atoms with van der Waals surface area (Å²) in [5.74, 6) is 2.10. The lowest BCUT2D eigenvalue weighted by Gasteiger charge is -2.56. The monoisotopic (exact) mass is 1360 g/mol. The third kappa shape index (κ3) is 10.9. The predicted molar refractivity (Wildman–Crippen MR) is 443 cm³/mol. The van der Waals surface area contributed by atoms with Gasteiger partial charge in [0.15, 0.2) is 6.71 Å². The van der Waals surface area contributed by atoms with Crippen LogP contribution in [0.5, 0.6) is 5.75 Å². The summed E-state index contributed by atoms with van der Waals surface area (Å²) in [6.45, 7) is 2.43. The summed E-state index contributed by atoms with van der Waals surface area (Å²) in [6, 6.07) is 112. The van der Waals surface area contributed by atoms with Crippen molar-refractivity contribution in [2.24, 2.45) is 0 Å². The number of allylic oxidation sites excluding steroid dienone is 7. The lowest BCUT2D eigenvalue weighted by atomic mass is 9.24. The maximum atomic E-state index is 7.62. The first-order valence-corrected chi connectivity index (χ1v) is 38.0. The summed E-state index contributed by atoms with van der Waals surface area (Å²) >= 11 is 2.08. The second kappa shape index (κ2) is 26.4. The number of thioether (sulfide) groups is 1. The Balaban J connectivity index is 0.822. The average Bonchev–Trinajstić information content (AvgIpc) is 0.691. The topological polar surface area (TPSA) is 22.2 Å². The van der Waals surface area contributed by atoms with E-state index in [-0.39, 0.29) is 54.3 Å². The van der Waals surface area contributed by atoms with E-state index < -0.39 is 0 Å². The number of benzene rings is 12. The third-order valence-electron chi connectivity index (χ3n) is 23.0. The minimum atomic E-state index is -0.223. The van der Waals surface area contributed by atoms with Crippen LogP contribution in [-0.2, 0) is 0 Å². The summed E-state index contributed by atoms with van der Waals surface area (Å²) in [5.41, 5.74) is 27.4. The van der Waals surface area contributed by atoms with Crippen LogP contribution >= 0.6 is 11.8 Å². The van der Waals surface area contributed by atoms with Gasteiger partial charge in [0.25, 0.3) is 0 Å². The third-order valence-corrected chi connectivity index (χ3v) is 24.3. The predicted octanol–water partition coefficient (Wildman–Crippen LogP) is 23.0. The van der Waals surface area contributed by atoms with Crippen molar-refractivity contribution in [3.63, 3.8) is 0 Å². The van der Waals surface area contributed by atoms with Gasteiger partial charge >= 0.3 is 0 Å². The minimum absolute atomic E-state index is 0.0385. The Morgan fingerprint density at radius 2 is 0.990 bits per heavy atom. The molecule has 1 fully saturated rings. The fraction of sp³-hybridized carbons (Fsp3) is 0.0928. The molecule has 12 aromatic carbocycles. The smallest absolute Gasteiger partial charge is 0.230 e. The van der Waals surface area contributed by atoms with Crippen molar-refractivity contribution >= 4 is 75.9 Å². The maximum absolute atomic E-state index is 7.62. The van der Waals surface area contributed by atoms with Crippen LogP contribution in [-0.4, -0.2) is 36.8 Å². The van der Waals surface area contributed by atoms with Crippen LogP contribution in [0.1, 0.15) is 12.0 Å². The van der Waals surface area contributed by atoms with Crippen molar-refractivity contribution in [3.8, 4) is 61.4 Å². The number of ether oxygens (including phenoxy) is 1. The largest absolute Gasteiger partial charge is 0.463 e. The molecule has 0 aromatic heterocycles. The Morgan fingerprint density at radius 3 is 1.63 bits per heavy atom. The van der Waals surface area contributed by atoms with Crippen LogP contribution in [0.3, 0.4) is 0 Å². The molecule has 8 aliphatic rings. The molecule has 0 spiro atoms. The van der Waals surface area contributed by atoms with E-state index in [4.69, 9.17) is 4.74 Å². The van der Waals surface area contributed by atoms with Crippen LogP contribution in [0.15, 0.2) is 404 Å². The number of hydrogen-bond acceptors (Lipinski definition) is 6. The Hall–Kier alpha value is -12.0. The van der Waals surface area contributed by atoms with Crippen LogP contribution in [0, 0.1) is 6.92 Å². The van der Waals surface area contributed by atoms with Crippen molar-refractivity contribution in [3.05, 3.63) is 404 Å². The van der Waals surface area contributed by atoms with E-state index >= 15 is 0 Å². The molecule has 7 atom stereocenters. The standard InChI is InChI=1S/C97H74B2N4OS/c1-65-29-28-44-80(72-38-16-6-17-39-72)97(65)103-88-64-93-84(63-83(88)99-82-46-23-27-50-91(82)104-92-61-76(59-89(103)95(92)99)100(74-55-51-68(52-56-74)66-30-8-2-9-31-66)85-47-24-20-42-78(85)70-34-12-4-13-35-70)98-81-45-22-26-49-87(81)102(73-40-18-7-19-41-73)90-60-77(62-94(105-93)96(90)98)101(75-57-53-69(54-58-75)67-32-10-3-11-33-67)86-48-25-21-43-79(86)71-36-14-5-15-37-71/h2-40,42-64,73,81,84,87,89,93,95H,41H2,1H3. The van der Waals surface area contributed by atoms with Crippen LogP contribution in [0.2, 0.25) is 17.5 Å². The number of rotatable bonds is 13. The SMILES string of the molecule is Cc1cccc(-c2ccccc2)c1N1C2=CC3Sc4cc(N(c5ccc(-c6ccccc6)cc5)c5ccccc5-c5ccccc5)cc5c4B(C3C=C2B2c3ccccc3OC3=CC(N(c4ccc(-c6ccccc6)cc4)c4ccccc4-c4ccccc4)=CC1C23)C1C=CC=CC1N5C1C=CC=CC1. The zero-order valence-corrected chi connectivity index (χ0v) is 59.1. The highest BCUT2D eigenvalue weighted by atomic mass is 32.2. The zero-order chi connectivity index (χ0) is 69.5. The van der Waals surface area contributed by atoms with Gasteiger partial charge in [-0.15, -0.1) is 11.8 Å². The molecule has 1 saturated heterocycles. The molecule has 0 radical (unpaired) electrons. The molecule has 4 aliphatic carbocycles. The van der Waals surface area contributed by atoms with Gasteiger partial charge in [-0.3, -0.25) is 0 Å². The first kappa shape index (κ1) is 62.8. The summed E-state index contributed by atoms with van der Waals surface area (Å²) in [6.07, 6.45) is 30.6. The second-order valence-electron chi connectivity index (χ2n) is 28.8. The van der Waals surface area contributed by atoms with E-state index in [1.54, 1.807) is 0 Å². The zero-order valence-electron chi connectivity index (χ0n) is 58.3. The minimum Gasteiger partial charge on any atom is -0.463 e. The van der Waals surface area contributed by atoms with Crippen molar-refractivity contribution in [2.75, 3.05) is 19.6 Å². The molecule has 4 heterocycles. The Bertz CT molecular complexity index is 5620. The molecule has 8 heteroatoms. The first-order chi connectivity index (χ1) is 52.0. The normalized spacial score (nSPS) is 20.3. The van der Waals surface area contributed by atoms with Gasteiger partial charge in [0.2, 0.25) is 6.71 Å². The van der Waals surface area contributed by atoms with E-state index in [9.17, 15) is 0 Å². The Labute approximate surface area is 621 Å². The van der Waals surface area contributed by atoms with Gasteiger partial charge in [0, 0.05) is 72.8 Å². The van der Waals surface area contributed by atoms with Gasteiger partial charge in [-0.05, 0) is 153 Å². The highest BCUT2D eigenvalue weighted by molar-refractivity contribution is 8.00. The number of fused-ring (bicyclic) bond motifs is 8. The van der Waals surface area contributed by atoms with Gasteiger partial charge < -0.3 is 24.3 Å². The Morgan fingerprint density at radius 1 is 0.448 bits per heavy atom.